The van der Waals surface area contributed by atoms with Crippen molar-refractivity contribution < 1.29 is 0 Å². The standard InChI is InChI=1S/C16H19ClN6/c1-2-12-15-13(21-20-12)7-9(8-14(15)22-23-16(18)19)10-5-3-4-6-11(10)17/h3-6,9H,2,7-8H2,1H3,(H,20,21)(H4,18,19,23). The second-order valence-electron chi connectivity index (χ2n) is 5.58. The first-order valence-electron chi connectivity index (χ1n) is 7.56. The summed E-state index contributed by atoms with van der Waals surface area (Å²) in [7, 11) is 0. The predicted octanol–water partition coefficient (Wildman–Crippen LogP) is 2.33. The van der Waals surface area contributed by atoms with E-state index in [0.29, 0.717) is 0 Å². The fourth-order valence-corrected chi connectivity index (χ4v) is 3.34. The van der Waals surface area contributed by atoms with Gasteiger partial charge in [0, 0.05) is 16.3 Å². The highest BCUT2D eigenvalue weighted by atomic mass is 35.5. The van der Waals surface area contributed by atoms with Crippen molar-refractivity contribution >= 4 is 23.3 Å². The highest BCUT2D eigenvalue weighted by molar-refractivity contribution is 6.31. The van der Waals surface area contributed by atoms with E-state index in [-0.39, 0.29) is 11.9 Å². The van der Waals surface area contributed by atoms with Gasteiger partial charge in [0.15, 0.2) is 0 Å². The van der Waals surface area contributed by atoms with Crippen LogP contribution in [-0.2, 0) is 12.8 Å². The zero-order valence-electron chi connectivity index (χ0n) is 12.9. The Morgan fingerprint density at radius 3 is 2.83 bits per heavy atom. The van der Waals surface area contributed by atoms with Gasteiger partial charge in [0.25, 0.3) is 0 Å². The van der Waals surface area contributed by atoms with Crippen LogP contribution >= 0.6 is 11.6 Å². The molecule has 1 aliphatic rings. The summed E-state index contributed by atoms with van der Waals surface area (Å²) < 4.78 is 0. The van der Waals surface area contributed by atoms with E-state index >= 15 is 0 Å². The molecule has 120 valence electrons. The molecular formula is C16H19ClN6. The number of hydrogen-bond donors (Lipinski definition) is 3. The monoisotopic (exact) mass is 330 g/mol. The van der Waals surface area contributed by atoms with Crippen LogP contribution in [0.1, 0.15) is 41.8 Å². The van der Waals surface area contributed by atoms with Crippen molar-refractivity contribution in [3.8, 4) is 0 Å². The zero-order valence-corrected chi connectivity index (χ0v) is 13.6. The number of H-pyrrole nitrogens is 1. The number of nitrogens with two attached hydrogens (primary N) is 2. The number of hydrogen-bond acceptors (Lipinski definition) is 3. The highest BCUT2D eigenvalue weighted by Crippen LogP contribution is 2.36. The number of nitrogens with one attached hydrogen (secondary N) is 1. The summed E-state index contributed by atoms with van der Waals surface area (Å²) in [4.78, 5) is 0. The van der Waals surface area contributed by atoms with Crippen molar-refractivity contribution in [2.75, 3.05) is 0 Å². The van der Waals surface area contributed by atoms with Crippen LogP contribution in [0.25, 0.3) is 0 Å². The lowest BCUT2D eigenvalue weighted by molar-refractivity contribution is 0.679. The molecule has 1 aromatic heterocycles. The van der Waals surface area contributed by atoms with Crippen molar-refractivity contribution in [3.63, 3.8) is 0 Å². The van der Waals surface area contributed by atoms with Crippen LogP contribution in [-0.4, -0.2) is 21.9 Å². The van der Waals surface area contributed by atoms with Gasteiger partial charge in [-0.2, -0.15) is 10.2 Å². The van der Waals surface area contributed by atoms with Crippen LogP contribution in [0.2, 0.25) is 5.02 Å². The average molecular weight is 331 g/mol. The number of guanidine groups is 1. The van der Waals surface area contributed by atoms with Gasteiger partial charge in [0.1, 0.15) is 0 Å². The molecule has 0 amide bonds. The highest BCUT2D eigenvalue weighted by Gasteiger charge is 2.30. The number of fused-ring (bicyclic) bond motifs is 1. The van der Waals surface area contributed by atoms with E-state index in [1.165, 1.54) is 0 Å². The lowest BCUT2D eigenvalue weighted by Crippen LogP contribution is -2.23. The summed E-state index contributed by atoms with van der Waals surface area (Å²) in [5.41, 5.74) is 15.9. The quantitative estimate of drug-likeness (QED) is 0.457. The molecule has 1 aliphatic carbocycles. The van der Waals surface area contributed by atoms with Crippen molar-refractivity contribution in [1.82, 2.24) is 10.2 Å². The largest absolute Gasteiger partial charge is 0.369 e. The normalized spacial score (nSPS) is 18.7. The number of halogens is 1. The second-order valence-corrected chi connectivity index (χ2v) is 5.98. The summed E-state index contributed by atoms with van der Waals surface area (Å²) in [5, 5.41) is 16.4. The minimum Gasteiger partial charge on any atom is -0.369 e. The molecule has 0 aliphatic heterocycles. The fourth-order valence-electron chi connectivity index (χ4n) is 3.05. The molecule has 23 heavy (non-hydrogen) atoms. The second kappa shape index (κ2) is 6.42. The van der Waals surface area contributed by atoms with E-state index in [9.17, 15) is 0 Å². The van der Waals surface area contributed by atoms with Gasteiger partial charge in [0.05, 0.1) is 11.4 Å². The summed E-state index contributed by atoms with van der Waals surface area (Å²) in [6.45, 7) is 2.06. The molecule has 3 rings (SSSR count). The third kappa shape index (κ3) is 3.07. The fraction of sp³-hybridized carbons (Fsp3) is 0.312. The summed E-state index contributed by atoms with van der Waals surface area (Å²) in [5.74, 6) is 0.162. The summed E-state index contributed by atoms with van der Waals surface area (Å²) >= 11 is 6.36. The Morgan fingerprint density at radius 2 is 2.13 bits per heavy atom. The van der Waals surface area contributed by atoms with Crippen molar-refractivity contribution in [2.24, 2.45) is 21.7 Å². The van der Waals surface area contributed by atoms with Crippen LogP contribution in [0.4, 0.5) is 0 Å². The Kier molecular flexibility index (Phi) is 4.34. The van der Waals surface area contributed by atoms with Crippen molar-refractivity contribution in [3.05, 3.63) is 51.8 Å². The van der Waals surface area contributed by atoms with E-state index in [1.54, 1.807) is 0 Å². The molecule has 0 fully saturated rings. The molecule has 1 unspecified atom stereocenters. The smallest absolute Gasteiger partial charge is 0.211 e. The number of rotatable bonds is 3. The molecule has 0 bridgehead atoms. The number of benzene rings is 1. The first-order chi connectivity index (χ1) is 11.1. The molecule has 1 atom stereocenters. The van der Waals surface area contributed by atoms with Gasteiger partial charge in [-0.15, -0.1) is 5.10 Å². The van der Waals surface area contributed by atoms with Gasteiger partial charge in [-0.25, -0.2) is 0 Å². The van der Waals surface area contributed by atoms with Crippen molar-refractivity contribution in [2.45, 2.75) is 32.1 Å². The Balaban J connectivity index is 2.05. The molecule has 5 N–H and O–H groups in total. The third-order valence-corrected chi connectivity index (χ3v) is 4.41. The van der Waals surface area contributed by atoms with Gasteiger partial charge >= 0.3 is 0 Å². The maximum atomic E-state index is 6.36. The molecule has 0 spiro atoms. The Morgan fingerprint density at radius 1 is 1.35 bits per heavy atom. The number of aromatic amines is 1. The van der Waals surface area contributed by atoms with Gasteiger partial charge < -0.3 is 11.5 Å². The van der Waals surface area contributed by atoms with E-state index in [1.807, 2.05) is 24.3 Å². The average Bonchev–Trinajstić information content (AvgIpc) is 2.96. The lowest BCUT2D eigenvalue weighted by Gasteiger charge is -2.24. The van der Waals surface area contributed by atoms with E-state index < -0.39 is 0 Å². The third-order valence-electron chi connectivity index (χ3n) is 4.06. The SMILES string of the molecule is CCc1n[nH]c2c1C(=NN=C(N)N)CC(c1ccccc1Cl)C2. The van der Waals surface area contributed by atoms with Crippen LogP contribution in [0.5, 0.6) is 0 Å². The van der Waals surface area contributed by atoms with Crippen molar-refractivity contribution in [1.29, 1.82) is 0 Å². The molecule has 0 radical (unpaired) electrons. The topological polar surface area (TPSA) is 105 Å². The van der Waals surface area contributed by atoms with Crippen LogP contribution in [0, 0.1) is 0 Å². The maximum Gasteiger partial charge on any atom is 0.211 e. The van der Waals surface area contributed by atoms with Crippen LogP contribution < -0.4 is 11.5 Å². The minimum atomic E-state index is -0.0551. The van der Waals surface area contributed by atoms with Gasteiger partial charge in [-0.1, -0.05) is 36.7 Å². The summed E-state index contributed by atoms with van der Waals surface area (Å²) in [6.07, 6.45) is 2.39. The molecule has 1 heterocycles. The van der Waals surface area contributed by atoms with Gasteiger partial charge in [-0.05, 0) is 36.8 Å². The molecule has 0 saturated heterocycles. The maximum absolute atomic E-state index is 6.36. The predicted molar refractivity (Wildman–Crippen MR) is 92.8 cm³/mol. The molecule has 6 nitrogen and oxygen atoms in total. The number of aromatic nitrogens is 2. The molecule has 1 aromatic carbocycles. The Labute approximate surface area is 139 Å². The lowest BCUT2D eigenvalue weighted by atomic mass is 9.81. The molecule has 0 saturated carbocycles. The molecule has 7 heteroatoms. The van der Waals surface area contributed by atoms with Gasteiger partial charge in [0.2, 0.25) is 5.96 Å². The molecule has 2 aromatic rings. The molecular weight excluding hydrogens is 312 g/mol. The number of aryl methyl sites for hydroxylation is 1. The summed E-state index contributed by atoms with van der Waals surface area (Å²) in [6, 6.07) is 7.88. The minimum absolute atomic E-state index is 0.0551. The Bertz CT molecular complexity index is 773. The van der Waals surface area contributed by atoms with E-state index in [4.69, 9.17) is 23.1 Å². The van der Waals surface area contributed by atoms with Crippen LogP contribution in [0.3, 0.4) is 0 Å². The first-order valence-corrected chi connectivity index (χ1v) is 7.94. The first kappa shape index (κ1) is 15.6. The van der Waals surface area contributed by atoms with E-state index in [0.717, 1.165) is 52.5 Å². The van der Waals surface area contributed by atoms with E-state index in [2.05, 4.69) is 27.3 Å². The van der Waals surface area contributed by atoms with Crippen LogP contribution in [0.15, 0.2) is 34.5 Å². The Hall–Kier alpha value is -2.34. The number of nitrogens with zero attached hydrogens (tertiary/aromatic N) is 3. The zero-order chi connectivity index (χ0) is 16.4. The van der Waals surface area contributed by atoms with Gasteiger partial charge in [-0.3, -0.25) is 5.10 Å².